The maximum atomic E-state index is 12.9. The highest BCUT2D eigenvalue weighted by Gasteiger charge is 2.59. The predicted octanol–water partition coefficient (Wildman–Crippen LogP) is 4.80. The molecule has 0 bridgehead atoms. The van der Waals surface area contributed by atoms with E-state index in [9.17, 15) is 9.59 Å². The van der Waals surface area contributed by atoms with E-state index >= 15 is 0 Å². The van der Waals surface area contributed by atoms with Gasteiger partial charge in [0.2, 0.25) is 5.91 Å². The zero-order chi connectivity index (χ0) is 21.5. The number of methoxy groups -OCH3 is 1. The summed E-state index contributed by atoms with van der Waals surface area (Å²) in [6, 6.07) is 13.8. The first-order valence-electron chi connectivity index (χ1n) is 10.0. The van der Waals surface area contributed by atoms with Crippen molar-refractivity contribution in [2.24, 2.45) is 5.92 Å². The molecule has 1 aliphatic heterocycles. The average Bonchev–Trinajstić information content (AvgIpc) is 3.04. The van der Waals surface area contributed by atoms with E-state index in [-0.39, 0.29) is 23.7 Å². The minimum atomic E-state index is -1.01. The molecule has 0 spiro atoms. The van der Waals surface area contributed by atoms with Gasteiger partial charge in [0, 0.05) is 22.5 Å². The van der Waals surface area contributed by atoms with Crippen LogP contribution in [0.5, 0.6) is 0 Å². The number of carbonyl (C=O) groups is 2. The number of aryl methyl sites for hydroxylation is 1. The fourth-order valence-corrected chi connectivity index (χ4v) is 5.66. The third-order valence-corrected chi connectivity index (χ3v) is 7.14. The maximum absolute atomic E-state index is 12.9. The molecule has 4 atom stereocenters. The van der Waals surface area contributed by atoms with Crippen molar-refractivity contribution < 1.29 is 14.3 Å². The summed E-state index contributed by atoms with van der Waals surface area (Å²) in [4.78, 5) is 25.1. The second-order valence-electron chi connectivity index (χ2n) is 8.15. The molecule has 2 fully saturated rings. The molecule has 2 aliphatic rings. The molecular formula is C23H24Cl2N2O3. The molecule has 1 aliphatic carbocycles. The van der Waals surface area contributed by atoms with Gasteiger partial charge in [0.05, 0.1) is 7.11 Å². The number of fused-ring (bicyclic) bond motifs is 1. The van der Waals surface area contributed by atoms with Crippen molar-refractivity contribution in [3.8, 4) is 0 Å². The minimum Gasteiger partial charge on any atom is -0.453 e. The topological polar surface area (TPSA) is 67.4 Å². The van der Waals surface area contributed by atoms with Gasteiger partial charge in [-0.3, -0.25) is 4.79 Å². The maximum Gasteiger partial charge on any atom is 0.407 e. The lowest BCUT2D eigenvalue weighted by atomic mass is 9.60. The van der Waals surface area contributed by atoms with Crippen LogP contribution in [-0.2, 0) is 9.53 Å². The Morgan fingerprint density at radius 2 is 1.93 bits per heavy atom. The first-order chi connectivity index (χ1) is 14.4. The zero-order valence-corrected chi connectivity index (χ0v) is 18.4. The van der Waals surface area contributed by atoms with E-state index in [4.69, 9.17) is 27.9 Å². The van der Waals surface area contributed by atoms with Crippen LogP contribution in [0.25, 0.3) is 0 Å². The zero-order valence-electron chi connectivity index (χ0n) is 16.9. The fraction of sp³-hybridized carbons (Fsp3) is 0.391. The summed E-state index contributed by atoms with van der Waals surface area (Å²) in [5, 5.41) is 7.22. The second kappa shape index (κ2) is 8.12. The number of nitrogens with one attached hydrogen (secondary N) is 2. The number of benzene rings is 2. The monoisotopic (exact) mass is 446 g/mol. The Kier molecular flexibility index (Phi) is 5.69. The Morgan fingerprint density at radius 3 is 2.60 bits per heavy atom. The van der Waals surface area contributed by atoms with Crippen LogP contribution >= 0.6 is 23.2 Å². The van der Waals surface area contributed by atoms with Gasteiger partial charge in [0.1, 0.15) is 5.54 Å². The number of alkyl carbamates (subject to hydrolysis) is 1. The largest absolute Gasteiger partial charge is 0.453 e. The molecule has 2 amide bonds. The van der Waals surface area contributed by atoms with Crippen LogP contribution in [0.4, 0.5) is 4.79 Å². The van der Waals surface area contributed by atoms with Gasteiger partial charge >= 0.3 is 6.09 Å². The molecule has 1 heterocycles. The lowest BCUT2D eigenvalue weighted by Gasteiger charge is -2.46. The highest BCUT2D eigenvalue weighted by molar-refractivity contribution is 6.31. The van der Waals surface area contributed by atoms with E-state index in [1.165, 1.54) is 7.11 Å². The number of ether oxygens (including phenoxy) is 1. The van der Waals surface area contributed by atoms with Crippen LogP contribution in [0.1, 0.15) is 41.4 Å². The van der Waals surface area contributed by atoms with Crippen molar-refractivity contribution in [3.63, 3.8) is 0 Å². The van der Waals surface area contributed by atoms with E-state index in [2.05, 4.69) is 22.8 Å². The first kappa shape index (κ1) is 21.0. The summed E-state index contributed by atoms with van der Waals surface area (Å²) in [7, 11) is 1.31. The summed E-state index contributed by atoms with van der Waals surface area (Å²) in [6.45, 7) is 2.48. The lowest BCUT2D eigenvalue weighted by molar-refractivity contribution is -0.126. The van der Waals surface area contributed by atoms with Gasteiger partial charge in [-0.15, -0.1) is 0 Å². The van der Waals surface area contributed by atoms with Gasteiger partial charge in [-0.2, -0.15) is 0 Å². The van der Waals surface area contributed by atoms with Gasteiger partial charge < -0.3 is 15.4 Å². The van der Waals surface area contributed by atoms with Gasteiger partial charge in [-0.25, -0.2) is 4.79 Å². The van der Waals surface area contributed by atoms with Gasteiger partial charge in [-0.1, -0.05) is 47.5 Å². The predicted molar refractivity (Wildman–Crippen MR) is 117 cm³/mol. The van der Waals surface area contributed by atoms with Crippen LogP contribution in [0.2, 0.25) is 10.0 Å². The van der Waals surface area contributed by atoms with E-state index in [0.29, 0.717) is 24.4 Å². The molecule has 0 aromatic heterocycles. The molecule has 4 rings (SSSR count). The molecule has 1 saturated carbocycles. The van der Waals surface area contributed by atoms with Crippen molar-refractivity contribution >= 4 is 35.2 Å². The van der Waals surface area contributed by atoms with E-state index in [0.717, 1.165) is 21.7 Å². The smallest absolute Gasteiger partial charge is 0.407 e. The second-order valence-corrected chi connectivity index (χ2v) is 9.00. The first-order valence-corrected chi connectivity index (χ1v) is 10.8. The third kappa shape index (κ3) is 3.54. The van der Waals surface area contributed by atoms with Crippen LogP contribution in [0.3, 0.4) is 0 Å². The highest BCUT2D eigenvalue weighted by Crippen LogP contribution is 2.54. The molecule has 2 N–H and O–H groups in total. The van der Waals surface area contributed by atoms with Crippen molar-refractivity contribution in [1.29, 1.82) is 0 Å². The van der Waals surface area contributed by atoms with E-state index in [1.54, 1.807) is 0 Å². The SMILES string of the molecule is COC(=O)N[C@@]12CC[C@@H](c3ccc(C)cc3Cl)[C@H](c3ccc(Cl)cc3)[C@@H]1CNC2=O. The van der Waals surface area contributed by atoms with E-state index < -0.39 is 11.6 Å². The van der Waals surface area contributed by atoms with E-state index in [1.807, 2.05) is 37.3 Å². The fourth-order valence-electron chi connectivity index (χ4n) is 5.16. The highest BCUT2D eigenvalue weighted by atomic mass is 35.5. The summed E-state index contributed by atoms with van der Waals surface area (Å²) < 4.78 is 4.84. The summed E-state index contributed by atoms with van der Waals surface area (Å²) in [5.74, 6) is -0.247. The number of carbonyl (C=O) groups excluding carboxylic acids is 2. The van der Waals surface area contributed by atoms with Gasteiger partial charge in [0.15, 0.2) is 0 Å². The van der Waals surface area contributed by atoms with Gasteiger partial charge in [-0.05, 0) is 66.5 Å². The minimum absolute atomic E-state index is 0.0349. The number of hydrogen-bond donors (Lipinski definition) is 2. The Balaban J connectivity index is 1.82. The van der Waals surface area contributed by atoms with Crippen molar-refractivity contribution in [2.75, 3.05) is 13.7 Å². The Hall–Kier alpha value is -2.24. The third-order valence-electron chi connectivity index (χ3n) is 6.56. The Bertz CT molecular complexity index is 979. The molecule has 5 nitrogen and oxygen atoms in total. The standard InChI is InChI=1S/C23H24Cl2N2O3/c1-13-3-8-16(19(25)11-13)17-9-10-23(27-22(29)30-2)18(12-26-21(23)28)20(17)14-4-6-15(24)7-5-14/h3-8,11,17-18,20H,9-10,12H2,1-2H3,(H,26,28)(H,27,29)/t17-,18-,20-,23-/m0/s1. The molecule has 1 saturated heterocycles. The van der Waals surface area contributed by atoms with Crippen LogP contribution < -0.4 is 10.6 Å². The van der Waals surface area contributed by atoms with Crippen molar-refractivity contribution in [2.45, 2.75) is 37.1 Å². The van der Waals surface area contributed by atoms with Gasteiger partial charge in [0.25, 0.3) is 0 Å². The van der Waals surface area contributed by atoms with Crippen LogP contribution in [0.15, 0.2) is 42.5 Å². The number of hydrogen-bond acceptors (Lipinski definition) is 3. The summed E-state index contributed by atoms with van der Waals surface area (Å²) >= 11 is 12.8. The summed E-state index contributed by atoms with van der Waals surface area (Å²) in [6.07, 6.45) is 0.611. The molecule has 0 unspecified atom stereocenters. The molecule has 30 heavy (non-hydrogen) atoms. The van der Waals surface area contributed by atoms with Crippen molar-refractivity contribution in [3.05, 3.63) is 69.2 Å². The number of halogens is 2. The summed E-state index contributed by atoms with van der Waals surface area (Å²) in [5.41, 5.74) is 2.22. The molecule has 7 heteroatoms. The molecular weight excluding hydrogens is 423 g/mol. The molecule has 2 aromatic carbocycles. The number of rotatable bonds is 3. The van der Waals surface area contributed by atoms with Crippen molar-refractivity contribution in [1.82, 2.24) is 10.6 Å². The lowest BCUT2D eigenvalue weighted by Crippen LogP contribution is -2.60. The quantitative estimate of drug-likeness (QED) is 0.710. The molecule has 0 radical (unpaired) electrons. The average molecular weight is 447 g/mol. The normalized spacial score (nSPS) is 27.9. The molecule has 158 valence electrons. The molecule has 2 aromatic rings. The number of amides is 2. The Morgan fingerprint density at radius 1 is 1.20 bits per heavy atom. The van der Waals surface area contributed by atoms with Crippen LogP contribution in [0, 0.1) is 12.8 Å². The van der Waals surface area contributed by atoms with Crippen LogP contribution in [-0.4, -0.2) is 31.2 Å². The Labute approximate surface area is 186 Å².